The van der Waals surface area contributed by atoms with E-state index in [9.17, 15) is 24.5 Å². The number of ether oxygens (including phenoxy) is 2. The Labute approximate surface area is 261 Å². The van der Waals surface area contributed by atoms with Crippen LogP contribution in [0.5, 0.6) is 0 Å². The number of hydrogen-bond donors (Lipinski definition) is 3. The van der Waals surface area contributed by atoms with Crippen molar-refractivity contribution in [3.8, 4) is 0 Å². The molecular formula is C27H49N3NaO8P. The second-order valence-electron chi connectivity index (χ2n) is 10.4. The first-order chi connectivity index (χ1) is 18.7. The summed E-state index contributed by atoms with van der Waals surface area (Å²) in [5.41, 5.74) is 4.71. The van der Waals surface area contributed by atoms with Crippen molar-refractivity contribution in [3.05, 3.63) is 22.7 Å². The van der Waals surface area contributed by atoms with Crippen LogP contribution in [0.2, 0.25) is 0 Å². The van der Waals surface area contributed by atoms with E-state index in [1.165, 1.54) is 50.8 Å². The molecule has 0 amide bonds. The average molecular weight is 598 g/mol. The van der Waals surface area contributed by atoms with Crippen LogP contribution in [0.25, 0.3) is 0 Å². The van der Waals surface area contributed by atoms with Crippen LogP contribution in [0.4, 0.5) is 5.82 Å². The maximum Gasteiger partial charge on any atom is 1.00 e. The number of anilines is 1. The Kier molecular flexibility index (Phi) is 20.1. The molecule has 1 aliphatic rings. The fourth-order valence-electron chi connectivity index (χ4n) is 4.62. The van der Waals surface area contributed by atoms with Crippen LogP contribution in [0.3, 0.4) is 0 Å². The van der Waals surface area contributed by atoms with E-state index in [1.807, 2.05) is 0 Å². The Morgan fingerprint density at radius 2 is 1.52 bits per heavy atom. The van der Waals surface area contributed by atoms with Crippen LogP contribution in [0.15, 0.2) is 17.1 Å². The van der Waals surface area contributed by atoms with E-state index in [4.69, 9.17) is 19.7 Å². The van der Waals surface area contributed by atoms with Crippen molar-refractivity contribution in [3.63, 3.8) is 0 Å². The molecule has 4 N–H and O–H groups in total. The van der Waals surface area contributed by atoms with Gasteiger partial charge >= 0.3 is 35.2 Å². The number of aliphatic hydroxyl groups excluding tert-OH is 2. The van der Waals surface area contributed by atoms with Gasteiger partial charge in [-0.1, -0.05) is 77.6 Å². The molecule has 40 heavy (non-hydrogen) atoms. The number of hydrogen-bond acceptors (Lipinski definition) is 10. The summed E-state index contributed by atoms with van der Waals surface area (Å²) < 4.78 is 29.6. The summed E-state index contributed by atoms with van der Waals surface area (Å²) in [5.74, 6) is 0.00964. The van der Waals surface area contributed by atoms with Crippen molar-refractivity contribution < 1.29 is 63.2 Å². The third kappa shape index (κ3) is 14.7. The standard InChI is InChI=1S/C27H50N3O8P.Na/c1-2-3-4-5-7-10-13-18-36-19-14-11-8-6-9-12-15-20-39(34,35)37-21-22-24(31)25(32)26(38-22)30-17-16-23(28)29-27(30)33;/h16-17,22,24-26,31-32H,2-15,18-21H2,1H3,(H,34,35)(H2,28,29,33);/q;+1/p-1/t22-,24?,25-,26-;/m1./s1. The van der Waals surface area contributed by atoms with Crippen LogP contribution in [-0.2, 0) is 18.6 Å². The zero-order valence-electron chi connectivity index (χ0n) is 24.5. The van der Waals surface area contributed by atoms with Crippen molar-refractivity contribution >= 4 is 13.4 Å². The summed E-state index contributed by atoms with van der Waals surface area (Å²) in [4.78, 5) is 27.9. The van der Waals surface area contributed by atoms with Crippen molar-refractivity contribution in [2.45, 2.75) is 121 Å². The molecule has 1 aromatic heterocycles. The molecule has 13 heteroatoms. The van der Waals surface area contributed by atoms with Gasteiger partial charge in [-0.3, -0.25) is 4.57 Å². The number of aliphatic hydroxyl groups is 2. The molecule has 0 aromatic carbocycles. The van der Waals surface area contributed by atoms with Crippen LogP contribution < -0.4 is 45.9 Å². The normalized spacial score (nSPS) is 22.2. The SMILES string of the molecule is CCCCCCCCCOCCCCCCCCCP(=O)([O-])OC[C@H]1O[C@@H](n2ccc(N)nc2=O)[C@H](O)C1O.[Na+]. The molecule has 5 atom stereocenters. The third-order valence-corrected chi connectivity index (χ3v) is 8.42. The van der Waals surface area contributed by atoms with Crippen molar-refractivity contribution in [2.75, 3.05) is 31.7 Å². The first-order valence-corrected chi connectivity index (χ1v) is 16.4. The van der Waals surface area contributed by atoms with Gasteiger partial charge in [0.15, 0.2) is 6.23 Å². The quantitative estimate of drug-likeness (QED) is 0.0973. The van der Waals surface area contributed by atoms with Crippen LogP contribution in [-0.4, -0.2) is 64.1 Å². The van der Waals surface area contributed by atoms with Crippen LogP contribution in [0, 0.1) is 0 Å². The molecule has 0 aliphatic carbocycles. The smallest absolute Gasteiger partial charge is 0.778 e. The number of nitrogens with zero attached hydrogens (tertiary/aromatic N) is 2. The molecular weight excluding hydrogens is 548 g/mol. The number of rotatable bonds is 22. The largest absolute Gasteiger partial charge is 1.00 e. The Morgan fingerprint density at radius 3 is 2.10 bits per heavy atom. The van der Waals surface area contributed by atoms with Crippen molar-refractivity contribution in [2.24, 2.45) is 0 Å². The predicted molar refractivity (Wildman–Crippen MR) is 148 cm³/mol. The molecule has 1 aliphatic heterocycles. The third-order valence-electron chi connectivity index (χ3n) is 7.01. The zero-order valence-corrected chi connectivity index (χ0v) is 27.3. The Bertz CT molecular complexity index is 909. The summed E-state index contributed by atoms with van der Waals surface area (Å²) in [5, 5.41) is 20.5. The second kappa shape index (κ2) is 21.4. The van der Waals surface area contributed by atoms with Gasteiger partial charge < -0.3 is 39.4 Å². The summed E-state index contributed by atoms with van der Waals surface area (Å²) >= 11 is 0. The number of unbranched alkanes of at least 4 members (excludes halogenated alkanes) is 12. The van der Waals surface area contributed by atoms with Gasteiger partial charge in [0.25, 0.3) is 0 Å². The summed E-state index contributed by atoms with van der Waals surface area (Å²) in [6.45, 7) is 3.46. The molecule has 0 saturated carbocycles. The molecule has 0 spiro atoms. The van der Waals surface area contributed by atoms with Crippen LogP contribution in [0.1, 0.15) is 103 Å². The molecule has 2 rings (SSSR count). The van der Waals surface area contributed by atoms with E-state index in [2.05, 4.69) is 11.9 Å². The van der Waals surface area contributed by atoms with E-state index in [1.54, 1.807) is 0 Å². The molecule has 2 heterocycles. The molecule has 1 aromatic rings. The Hall–Kier alpha value is -0.330. The monoisotopic (exact) mass is 597 g/mol. The fraction of sp³-hybridized carbons (Fsp3) is 0.852. The Balaban J connectivity index is 0.00000800. The van der Waals surface area contributed by atoms with E-state index < -0.39 is 44.4 Å². The average Bonchev–Trinajstić information content (AvgIpc) is 3.18. The van der Waals surface area contributed by atoms with E-state index in [-0.39, 0.29) is 41.5 Å². The van der Waals surface area contributed by atoms with Gasteiger partial charge in [0.2, 0.25) is 0 Å². The maximum absolute atomic E-state index is 12.3. The topological polar surface area (TPSA) is 169 Å². The molecule has 1 saturated heterocycles. The number of nitrogen functional groups attached to an aromatic ring is 1. The maximum atomic E-state index is 12.3. The minimum Gasteiger partial charge on any atom is -0.778 e. The summed E-state index contributed by atoms with van der Waals surface area (Å²) in [7, 11) is -4.13. The van der Waals surface area contributed by atoms with Gasteiger partial charge in [0, 0.05) is 25.6 Å². The molecule has 11 nitrogen and oxygen atoms in total. The molecule has 226 valence electrons. The van der Waals surface area contributed by atoms with Gasteiger partial charge in [-0.25, -0.2) is 4.79 Å². The molecule has 1 fully saturated rings. The van der Waals surface area contributed by atoms with Gasteiger partial charge in [-0.2, -0.15) is 4.98 Å². The van der Waals surface area contributed by atoms with Gasteiger partial charge in [-0.15, -0.1) is 0 Å². The van der Waals surface area contributed by atoms with E-state index in [0.29, 0.717) is 6.42 Å². The van der Waals surface area contributed by atoms with E-state index >= 15 is 0 Å². The molecule has 0 bridgehead atoms. The summed E-state index contributed by atoms with van der Waals surface area (Å²) in [6.07, 6.45) is 11.6. The predicted octanol–water partition coefficient (Wildman–Crippen LogP) is 0.517. The first-order valence-electron chi connectivity index (χ1n) is 14.6. The van der Waals surface area contributed by atoms with Gasteiger partial charge in [0.1, 0.15) is 31.7 Å². The Morgan fingerprint density at radius 1 is 0.975 bits per heavy atom. The van der Waals surface area contributed by atoms with Gasteiger partial charge in [-0.05, 0) is 25.3 Å². The number of nitrogens with two attached hydrogens (primary N) is 1. The molecule has 0 radical (unpaired) electrons. The molecule has 2 unspecified atom stereocenters. The fourth-order valence-corrected chi connectivity index (χ4v) is 5.74. The number of aromatic nitrogens is 2. The van der Waals surface area contributed by atoms with Crippen LogP contribution >= 0.6 is 7.60 Å². The first kappa shape index (κ1) is 37.7. The summed E-state index contributed by atoms with van der Waals surface area (Å²) in [6, 6.07) is 1.35. The van der Waals surface area contributed by atoms with E-state index in [0.717, 1.165) is 62.7 Å². The second-order valence-corrected chi connectivity index (χ2v) is 12.4. The van der Waals surface area contributed by atoms with Crippen molar-refractivity contribution in [1.82, 2.24) is 9.55 Å². The van der Waals surface area contributed by atoms with Crippen molar-refractivity contribution in [1.29, 1.82) is 0 Å². The minimum absolute atomic E-state index is 0. The van der Waals surface area contributed by atoms with Gasteiger partial charge in [0.05, 0.1) is 6.61 Å². The zero-order chi connectivity index (χ0) is 28.5. The minimum atomic E-state index is -4.13.